The Morgan fingerprint density at radius 1 is 1.36 bits per heavy atom. The fraction of sp³-hybridized carbons (Fsp3) is 0.471. The number of piperidine rings is 1. The van der Waals surface area contributed by atoms with Crippen molar-refractivity contribution < 1.29 is 4.79 Å². The standard InChI is InChI=1S/C17H22N4O3.ClH/c1-3-21-16(23)13-7-6-11(9-14(13)19-17(21)24)15(22)20-8-4-5-12(10-20)18-2;/h6-7,9,12,18H,3-5,8,10H2,1-2H3,(H,19,24);1H. The Morgan fingerprint density at radius 3 is 2.80 bits per heavy atom. The number of aromatic nitrogens is 2. The molecular weight excluding hydrogens is 344 g/mol. The summed E-state index contributed by atoms with van der Waals surface area (Å²) in [6.07, 6.45) is 2.02. The fourth-order valence-electron chi connectivity index (χ4n) is 3.25. The van der Waals surface area contributed by atoms with E-state index in [1.54, 1.807) is 25.1 Å². The Balaban J connectivity index is 0.00000225. The molecule has 0 saturated carbocycles. The van der Waals surface area contributed by atoms with Crippen LogP contribution in [-0.4, -0.2) is 46.5 Å². The fourth-order valence-corrected chi connectivity index (χ4v) is 3.25. The van der Waals surface area contributed by atoms with Gasteiger partial charge in [-0.05, 0) is 45.0 Å². The highest BCUT2D eigenvalue weighted by Gasteiger charge is 2.23. The van der Waals surface area contributed by atoms with Crippen LogP contribution in [0.5, 0.6) is 0 Å². The molecule has 8 heteroatoms. The molecule has 3 rings (SSSR count). The number of hydrogen-bond donors (Lipinski definition) is 2. The van der Waals surface area contributed by atoms with Crippen LogP contribution in [0, 0.1) is 0 Å². The third kappa shape index (κ3) is 3.62. The number of carbonyl (C=O) groups is 1. The topological polar surface area (TPSA) is 87.2 Å². The zero-order chi connectivity index (χ0) is 17.3. The zero-order valence-electron chi connectivity index (χ0n) is 14.4. The third-order valence-electron chi connectivity index (χ3n) is 4.66. The molecule has 1 aliphatic heterocycles. The van der Waals surface area contributed by atoms with E-state index in [2.05, 4.69) is 10.3 Å². The first-order chi connectivity index (χ1) is 11.5. The van der Waals surface area contributed by atoms with Gasteiger partial charge in [-0.25, -0.2) is 4.79 Å². The van der Waals surface area contributed by atoms with Crippen molar-refractivity contribution in [3.05, 3.63) is 44.6 Å². The van der Waals surface area contributed by atoms with Crippen LogP contribution < -0.4 is 16.6 Å². The lowest BCUT2D eigenvalue weighted by Crippen LogP contribution is -2.47. The molecule has 1 amide bonds. The van der Waals surface area contributed by atoms with Crippen LogP contribution in [0.3, 0.4) is 0 Å². The lowest BCUT2D eigenvalue weighted by atomic mass is 10.0. The number of H-pyrrole nitrogens is 1. The monoisotopic (exact) mass is 366 g/mol. The third-order valence-corrected chi connectivity index (χ3v) is 4.66. The molecule has 7 nitrogen and oxygen atoms in total. The van der Waals surface area contributed by atoms with Crippen LogP contribution in [0.4, 0.5) is 0 Å². The molecule has 136 valence electrons. The van der Waals surface area contributed by atoms with Crippen molar-refractivity contribution in [1.29, 1.82) is 0 Å². The highest BCUT2D eigenvalue weighted by atomic mass is 35.5. The van der Waals surface area contributed by atoms with Gasteiger partial charge >= 0.3 is 5.69 Å². The number of likely N-dealkylation sites (tertiary alicyclic amines) is 1. The molecule has 1 saturated heterocycles. The average Bonchev–Trinajstić information content (AvgIpc) is 2.61. The van der Waals surface area contributed by atoms with Gasteiger partial charge in [0.1, 0.15) is 0 Å². The lowest BCUT2D eigenvalue weighted by Gasteiger charge is -2.32. The van der Waals surface area contributed by atoms with Gasteiger partial charge < -0.3 is 15.2 Å². The van der Waals surface area contributed by atoms with Crippen LogP contribution in [0.15, 0.2) is 27.8 Å². The first-order valence-electron chi connectivity index (χ1n) is 8.28. The van der Waals surface area contributed by atoms with E-state index in [0.717, 1.165) is 24.0 Å². The molecule has 1 atom stereocenters. The average molecular weight is 367 g/mol. The van der Waals surface area contributed by atoms with Crippen LogP contribution >= 0.6 is 12.4 Å². The van der Waals surface area contributed by atoms with E-state index in [1.807, 2.05) is 11.9 Å². The van der Waals surface area contributed by atoms with Gasteiger partial charge in [0.25, 0.3) is 11.5 Å². The molecule has 2 aromatic rings. The zero-order valence-corrected chi connectivity index (χ0v) is 15.2. The van der Waals surface area contributed by atoms with Gasteiger partial charge in [0, 0.05) is 31.2 Å². The van der Waals surface area contributed by atoms with Gasteiger partial charge in [-0.3, -0.25) is 14.2 Å². The van der Waals surface area contributed by atoms with E-state index in [-0.39, 0.29) is 23.9 Å². The number of amides is 1. The summed E-state index contributed by atoms with van der Waals surface area (Å²) in [5, 5.41) is 3.63. The number of rotatable bonds is 3. The Morgan fingerprint density at radius 2 is 2.12 bits per heavy atom. The summed E-state index contributed by atoms with van der Waals surface area (Å²) in [6.45, 7) is 3.45. The van der Waals surface area contributed by atoms with Crippen molar-refractivity contribution in [1.82, 2.24) is 19.8 Å². The van der Waals surface area contributed by atoms with Crippen molar-refractivity contribution in [2.24, 2.45) is 0 Å². The summed E-state index contributed by atoms with van der Waals surface area (Å²) in [6, 6.07) is 5.18. The van der Waals surface area contributed by atoms with Crippen molar-refractivity contribution in [2.45, 2.75) is 32.4 Å². The maximum atomic E-state index is 12.7. The molecule has 1 aromatic heterocycles. The molecule has 2 N–H and O–H groups in total. The first kappa shape index (κ1) is 19.2. The van der Waals surface area contributed by atoms with Crippen LogP contribution in [-0.2, 0) is 6.54 Å². The molecule has 0 radical (unpaired) electrons. The molecule has 1 aliphatic rings. The highest BCUT2D eigenvalue weighted by molar-refractivity contribution is 5.97. The van der Waals surface area contributed by atoms with Crippen molar-refractivity contribution in [3.8, 4) is 0 Å². The number of nitrogens with one attached hydrogen (secondary N) is 2. The Bertz CT molecular complexity index is 890. The quantitative estimate of drug-likeness (QED) is 0.846. The molecule has 1 unspecified atom stereocenters. The van der Waals surface area contributed by atoms with Crippen LogP contribution in [0.25, 0.3) is 10.9 Å². The predicted octanol–water partition coefficient (Wildman–Crippen LogP) is 0.956. The number of hydrogen-bond acceptors (Lipinski definition) is 4. The van der Waals surface area contributed by atoms with E-state index in [9.17, 15) is 14.4 Å². The van der Waals surface area contributed by atoms with Crippen LogP contribution in [0.1, 0.15) is 30.1 Å². The maximum absolute atomic E-state index is 12.7. The van der Waals surface area contributed by atoms with Crippen molar-refractivity contribution in [2.75, 3.05) is 20.1 Å². The van der Waals surface area contributed by atoms with Crippen molar-refractivity contribution in [3.63, 3.8) is 0 Å². The normalized spacial score (nSPS) is 17.4. The molecular formula is C17H23ClN4O3. The smallest absolute Gasteiger partial charge is 0.328 e. The Hall–Kier alpha value is -2.12. The summed E-state index contributed by atoms with van der Waals surface area (Å²) in [4.78, 5) is 41.5. The second kappa shape index (κ2) is 7.84. The van der Waals surface area contributed by atoms with E-state index < -0.39 is 5.69 Å². The Kier molecular flexibility index (Phi) is 6.02. The molecule has 2 heterocycles. The Labute approximate surface area is 151 Å². The molecule has 25 heavy (non-hydrogen) atoms. The number of nitrogens with zero attached hydrogens (tertiary/aromatic N) is 2. The summed E-state index contributed by atoms with van der Waals surface area (Å²) in [5.74, 6) is -0.0719. The van der Waals surface area contributed by atoms with E-state index >= 15 is 0 Å². The molecule has 0 bridgehead atoms. The number of halogens is 1. The van der Waals surface area contributed by atoms with Gasteiger partial charge in [-0.1, -0.05) is 0 Å². The minimum Gasteiger partial charge on any atom is -0.337 e. The number of likely N-dealkylation sites (N-methyl/N-ethyl adjacent to an activating group) is 1. The van der Waals surface area contributed by atoms with Crippen LogP contribution in [0.2, 0.25) is 0 Å². The minimum absolute atomic E-state index is 0. The van der Waals surface area contributed by atoms with Gasteiger partial charge in [0.15, 0.2) is 0 Å². The van der Waals surface area contributed by atoms with Crippen molar-refractivity contribution >= 4 is 29.2 Å². The van der Waals surface area contributed by atoms with Gasteiger partial charge in [0.05, 0.1) is 10.9 Å². The summed E-state index contributed by atoms with van der Waals surface area (Å²) < 4.78 is 1.14. The van der Waals surface area contributed by atoms with Gasteiger partial charge in [0.2, 0.25) is 0 Å². The highest BCUT2D eigenvalue weighted by Crippen LogP contribution is 2.16. The second-order valence-electron chi connectivity index (χ2n) is 6.12. The molecule has 1 fully saturated rings. The summed E-state index contributed by atoms with van der Waals surface area (Å²) in [7, 11) is 1.90. The van der Waals surface area contributed by atoms with Gasteiger partial charge in [-0.15, -0.1) is 12.4 Å². The molecule has 0 aliphatic carbocycles. The van der Waals surface area contributed by atoms with Gasteiger partial charge in [-0.2, -0.15) is 0 Å². The second-order valence-corrected chi connectivity index (χ2v) is 6.12. The van der Waals surface area contributed by atoms with E-state index in [1.165, 1.54) is 0 Å². The lowest BCUT2D eigenvalue weighted by molar-refractivity contribution is 0.0698. The SMILES string of the molecule is CCn1c(=O)[nH]c2cc(C(=O)N3CCCC(NC)C3)ccc2c1=O.Cl. The van der Waals surface area contributed by atoms with E-state index in [4.69, 9.17) is 0 Å². The number of fused-ring (bicyclic) bond motifs is 1. The number of aromatic amines is 1. The number of carbonyl (C=O) groups excluding carboxylic acids is 1. The number of benzene rings is 1. The molecule has 0 spiro atoms. The molecule has 1 aromatic carbocycles. The predicted molar refractivity (Wildman–Crippen MR) is 99.7 cm³/mol. The first-order valence-corrected chi connectivity index (χ1v) is 8.28. The minimum atomic E-state index is -0.451. The summed E-state index contributed by atoms with van der Waals surface area (Å²) in [5.41, 5.74) is 0.113. The maximum Gasteiger partial charge on any atom is 0.328 e. The largest absolute Gasteiger partial charge is 0.337 e. The van der Waals surface area contributed by atoms with E-state index in [0.29, 0.717) is 35.6 Å². The summed E-state index contributed by atoms with van der Waals surface area (Å²) >= 11 is 0.